The quantitative estimate of drug-likeness (QED) is 0.645. The number of nitrogens with two attached hydrogens (primary N) is 1. The van der Waals surface area contributed by atoms with E-state index in [9.17, 15) is 9.18 Å². The number of nitrogens with one attached hydrogen (secondary N) is 1. The Hall–Kier alpha value is -3.58. The fourth-order valence-corrected chi connectivity index (χ4v) is 3.35. The fraction of sp³-hybridized carbons (Fsp3) is 0.174. The number of hydrogen-bond acceptors (Lipinski definition) is 5. The number of carbonyl (C=O) groups is 1. The third-order valence-corrected chi connectivity index (χ3v) is 4.83. The number of methoxy groups -OCH3 is 1. The molecule has 1 amide bonds. The van der Waals surface area contributed by atoms with Crippen LogP contribution in [0.25, 0.3) is 0 Å². The number of benzene rings is 3. The monoisotopic (exact) mass is 408 g/mol. The van der Waals surface area contributed by atoms with Gasteiger partial charge >= 0.3 is 0 Å². The lowest BCUT2D eigenvalue weighted by molar-refractivity contribution is 0.0930. The molecule has 30 heavy (non-hydrogen) atoms. The van der Waals surface area contributed by atoms with Gasteiger partial charge < -0.3 is 25.3 Å². The van der Waals surface area contributed by atoms with Crippen LogP contribution in [0.2, 0.25) is 0 Å². The number of ether oxygens (including phenoxy) is 3. The number of carbonyl (C=O) groups excluding carboxylic acids is 1. The molecule has 0 saturated heterocycles. The van der Waals surface area contributed by atoms with Crippen molar-refractivity contribution in [2.24, 2.45) is 5.73 Å². The average Bonchev–Trinajstić information content (AvgIpc) is 3.16. The van der Waals surface area contributed by atoms with Gasteiger partial charge in [0.2, 0.25) is 0 Å². The van der Waals surface area contributed by atoms with Crippen LogP contribution < -0.4 is 25.3 Å². The fourth-order valence-electron chi connectivity index (χ4n) is 3.35. The molecule has 154 valence electrons. The summed E-state index contributed by atoms with van der Waals surface area (Å²) in [5, 5.41) is 2.97. The van der Waals surface area contributed by atoms with Gasteiger partial charge in [0.1, 0.15) is 23.9 Å². The molecule has 1 heterocycles. The summed E-state index contributed by atoms with van der Waals surface area (Å²) in [4.78, 5) is 12.8. The molecular weight excluding hydrogens is 387 g/mol. The van der Waals surface area contributed by atoms with E-state index < -0.39 is 5.82 Å². The second-order valence-electron chi connectivity index (χ2n) is 6.84. The maximum Gasteiger partial charge on any atom is 0.252 e. The lowest BCUT2D eigenvalue weighted by Crippen LogP contribution is -2.29. The Bertz CT molecular complexity index is 1090. The number of para-hydroxylation sites is 1. The van der Waals surface area contributed by atoms with E-state index in [-0.39, 0.29) is 24.2 Å². The van der Waals surface area contributed by atoms with Gasteiger partial charge in [-0.15, -0.1) is 0 Å². The lowest BCUT2D eigenvalue weighted by atomic mass is 10.1. The summed E-state index contributed by atoms with van der Waals surface area (Å²) in [6.45, 7) is 0.550. The average molecular weight is 408 g/mol. The molecule has 6 nitrogen and oxygen atoms in total. The van der Waals surface area contributed by atoms with Gasteiger partial charge in [-0.3, -0.25) is 4.79 Å². The Morgan fingerprint density at radius 3 is 2.80 bits per heavy atom. The number of halogens is 1. The standard InChI is InChI=1S/C23H21FN2O4/c1-28-21-7-6-15(10-22(21)30-17-9-14(12-25)8-16(24)11-17)23(27)26-19-13-29-20-5-3-2-4-18(19)20/h2-11,19H,12-13,25H2,1H3,(H,26,27). The normalized spacial score (nSPS) is 14.6. The summed E-state index contributed by atoms with van der Waals surface area (Å²) in [6.07, 6.45) is 0. The smallest absolute Gasteiger partial charge is 0.252 e. The molecule has 0 aliphatic carbocycles. The van der Waals surface area contributed by atoms with E-state index in [1.165, 1.54) is 19.2 Å². The highest BCUT2D eigenvalue weighted by molar-refractivity contribution is 5.95. The van der Waals surface area contributed by atoms with Gasteiger partial charge in [0.15, 0.2) is 11.5 Å². The van der Waals surface area contributed by atoms with E-state index >= 15 is 0 Å². The number of rotatable bonds is 6. The van der Waals surface area contributed by atoms with Crippen molar-refractivity contribution < 1.29 is 23.4 Å². The van der Waals surface area contributed by atoms with Crippen molar-refractivity contribution in [2.75, 3.05) is 13.7 Å². The van der Waals surface area contributed by atoms with Crippen molar-refractivity contribution in [2.45, 2.75) is 12.6 Å². The van der Waals surface area contributed by atoms with Gasteiger partial charge in [-0.2, -0.15) is 0 Å². The zero-order valence-electron chi connectivity index (χ0n) is 16.4. The molecule has 3 aromatic rings. The zero-order chi connectivity index (χ0) is 21.1. The summed E-state index contributed by atoms with van der Waals surface area (Å²) >= 11 is 0. The van der Waals surface area contributed by atoms with Crippen LogP contribution in [-0.4, -0.2) is 19.6 Å². The molecule has 0 saturated carbocycles. The third kappa shape index (κ3) is 4.06. The highest BCUT2D eigenvalue weighted by Gasteiger charge is 2.25. The van der Waals surface area contributed by atoms with Gasteiger partial charge in [-0.25, -0.2) is 4.39 Å². The number of amides is 1. The molecule has 1 aliphatic heterocycles. The van der Waals surface area contributed by atoms with Crippen LogP contribution in [0.1, 0.15) is 27.5 Å². The van der Waals surface area contributed by atoms with E-state index in [1.807, 2.05) is 24.3 Å². The summed E-state index contributed by atoms with van der Waals surface area (Å²) in [5.74, 6) is 1.00. The van der Waals surface area contributed by atoms with E-state index in [0.29, 0.717) is 29.2 Å². The van der Waals surface area contributed by atoms with Crippen molar-refractivity contribution in [1.82, 2.24) is 5.32 Å². The van der Waals surface area contributed by atoms with Crippen LogP contribution in [-0.2, 0) is 6.54 Å². The first-order valence-electron chi connectivity index (χ1n) is 9.45. The zero-order valence-corrected chi connectivity index (χ0v) is 16.4. The molecule has 4 rings (SSSR count). The SMILES string of the molecule is COc1ccc(C(=O)NC2COc3ccccc32)cc1Oc1cc(F)cc(CN)c1. The van der Waals surface area contributed by atoms with Crippen LogP contribution in [0.4, 0.5) is 4.39 Å². The first kappa shape index (κ1) is 19.7. The summed E-state index contributed by atoms with van der Waals surface area (Å²) in [5.41, 5.74) is 7.51. The minimum absolute atomic E-state index is 0.179. The van der Waals surface area contributed by atoms with Crippen molar-refractivity contribution in [3.63, 3.8) is 0 Å². The Labute approximate surface area is 173 Å². The van der Waals surface area contributed by atoms with Crippen LogP contribution in [0.5, 0.6) is 23.0 Å². The molecule has 0 radical (unpaired) electrons. The maximum absolute atomic E-state index is 13.8. The Balaban J connectivity index is 1.57. The summed E-state index contributed by atoms with van der Waals surface area (Å²) in [7, 11) is 1.49. The Morgan fingerprint density at radius 1 is 1.17 bits per heavy atom. The molecule has 0 bridgehead atoms. The maximum atomic E-state index is 13.8. The van der Waals surface area contributed by atoms with Crippen LogP contribution in [0.15, 0.2) is 60.7 Å². The summed E-state index contributed by atoms with van der Waals surface area (Å²) < 4.78 is 30.6. The van der Waals surface area contributed by atoms with Crippen molar-refractivity contribution in [3.05, 3.63) is 83.2 Å². The molecule has 3 aromatic carbocycles. The first-order valence-corrected chi connectivity index (χ1v) is 9.45. The first-order chi connectivity index (χ1) is 14.6. The van der Waals surface area contributed by atoms with Crippen molar-refractivity contribution in [3.8, 4) is 23.0 Å². The molecule has 1 atom stereocenters. The van der Waals surface area contributed by atoms with Crippen molar-refractivity contribution in [1.29, 1.82) is 0 Å². The molecular formula is C23H21FN2O4. The largest absolute Gasteiger partial charge is 0.493 e. The van der Waals surface area contributed by atoms with Crippen LogP contribution in [0, 0.1) is 5.82 Å². The molecule has 0 aromatic heterocycles. The molecule has 0 fully saturated rings. The molecule has 1 unspecified atom stereocenters. The second-order valence-corrected chi connectivity index (χ2v) is 6.84. The van der Waals surface area contributed by atoms with Gasteiger partial charge in [-0.05, 0) is 42.0 Å². The summed E-state index contributed by atoms with van der Waals surface area (Å²) in [6, 6.07) is 16.4. The predicted octanol–water partition coefficient (Wildman–Crippen LogP) is 3.95. The van der Waals surface area contributed by atoms with Gasteiger partial charge in [-0.1, -0.05) is 18.2 Å². The lowest BCUT2D eigenvalue weighted by Gasteiger charge is -2.15. The van der Waals surface area contributed by atoms with E-state index in [0.717, 1.165) is 11.3 Å². The van der Waals surface area contributed by atoms with Gasteiger partial charge in [0, 0.05) is 23.7 Å². The third-order valence-electron chi connectivity index (χ3n) is 4.83. The highest BCUT2D eigenvalue weighted by atomic mass is 19.1. The number of hydrogen-bond donors (Lipinski definition) is 2. The van der Waals surface area contributed by atoms with Gasteiger partial charge in [0.25, 0.3) is 5.91 Å². The van der Waals surface area contributed by atoms with E-state index in [4.69, 9.17) is 19.9 Å². The minimum atomic E-state index is -0.458. The Kier molecular flexibility index (Phi) is 5.54. The molecule has 1 aliphatic rings. The van der Waals surface area contributed by atoms with E-state index in [2.05, 4.69) is 5.32 Å². The Morgan fingerprint density at radius 2 is 2.00 bits per heavy atom. The second kappa shape index (κ2) is 8.42. The molecule has 3 N–H and O–H groups in total. The number of fused-ring (bicyclic) bond motifs is 1. The molecule has 0 spiro atoms. The van der Waals surface area contributed by atoms with Crippen LogP contribution in [0.3, 0.4) is 0 Å². The minimum Gasteiger partial charge on any atom is -0.493 e. The van der Waals surface area contributed by atoms with Crippen LogP contribution >= 0.6 is 0 Å². The van der Waals surface area contributed by atoms with Gasteiger partial charge in [0.05, 0.1) is 13.2 Å². The highest BCUT2D eigenvalue weighted by Crippen LogP contribution is 2.34. The van der Waals surface area contributed by atoms with E-state index in [1.54, 1.807) is 24.3 Å². The molecule has 7 heteroatoms. The van der Waals surface area contributed by atoms with Crippen molar-refractivity contribution >= 4 is 5.91 Å². The topological polar surface area (TPSA) is 82.8 Å². The predicted molar refractivity (Wildman–Crippen MR) is 110 cm³/mol.